The number of hydrogen-bond donors (Lipinski definition) is 1. The monoisotopic (exact) mass is 345 g/mol. The standard InChI is InChI=1S/C19H20ClNO3/c1-19(2,3)24-18(23)21-11-12(8-9-20)17-14-7-5-4-6-13(14)16(22)10-15(17)21/h4-10,12,22H,11H2,1-3H3/b9-8+. The van der Waals surface area contributed by atoms with Gasteiger partial charge >= 0.3 is 6.09 Å². The third-order valence-electron chi connectivity index (χ3n) is 4.00. The fraction of sp³-hybridized carbons (Fsp3) is 0.316. The molecule has 1 unspecified atom stereocenters. The number of nitrogens with zero attached hydrogens (tertiary/aromatic N) is 1. The SMILES string of the molecule is CC(C)(C)OC(=O)N1CC(/C=C/Cl)c2c1cc(O)c1ccccc21. The third-order valence-corrected chi connectivity index (χ3v) is 4.15. The number of phenolic OH excluding ortho intramolecular Hbond substituents is 1. The summed E-state index contributed by atoms with van der Waals surface area (Å²) in [4.78, 5) is 14.1. The first-order chi connectivity index (χ1) is 11.3. The maximum Gasteiger partial charge on any atom is 0.414 e. The number of aromatic hydroxyl groups is 1. The maximum atomic E-state index is 12.6. The van der Waals surface area contributed by atoms with Crippen LogP contribution in [0, 0.1) is 0 Å². The van der Waals surface area contributed by atoms with Crippen LogP contribution in [0.15, 0.2) is 41.9 Å². The number of hydrogen-bond acceptors (Lipinski definition) is 3. The van der Waals surface area contributed by atoms with Crippen molar-refractivity contribution in [2.75, 3.05) is 11.4 Å². The Morgan fingerprint density at radius 1 is 1.33 bits per heavy atom. The van der Waals surface area contributed by atoms with Crippen molar-refractivity contribution in [3.8, 4) is 5.75 Å². The highest BCUT2D eigenvalue weighted by atomic mass is 35.5. The minimum atomic E-state index is -0.587. The first-order valence-electron chi connectivity index (χ1n) is 7.84. The molecule has 0 bridgehead atoms. The molecule has 1 N–H and O–H groups in total. The van der Waals surface area contributed by atoms with E-state index in [2.05, 4.69) is 0 Å². The van der Waals surface area contributed by atoms with Gasteiger partial charge in [-0.05, 0) is 31.7 Å². The van der Waals surface area contributed by atoms with Gasteiger partial charge in [-0.2, -0.15) is 0 Å². The summed E-state index contributed by atoms with van der Waals surface area (Å²) in [6.07, 6.45) is 1.43. The smallest absolute Gasteiger partial charge is 0.414 e. The molecular weight excluding hydrogens is 326 g/mol. The molecule has 2 aromatic rings. The van der Waals surface area contributed by atoms with Crippen LogP contribution in [0.4, 0.5) is 10.5 Å². The van der Waals surface area contributed by atoms with Crippen LogP contribution >= 0.6 is 11.6 Å². The lowest BCUT2D eigenvalue weighted by Gasteiger charge is -2.25. The van der Waals surface area contributed by atoms with E-state index in [4.69, 9.17) is 16.3 Å². The lowest BCUT2D eigenvalue weighted by molar-refractivity contribution is 0.0583. The minimum Gasteiger partial charge on any atom is -0.507 e. The number of carbonyl (C=O) groups is 1. The highest BCUT2D eigenvalue weighted by Gasteiger charge is 2.35. The molecule has 1 atom stereocenters. The van der Waals surface area contributed by atoms with Crippen molar-refractivity contribution in [3.63, 3.8) is 0 Å². The Hall–Kier alpha value is -2.20. The van der Waals surface area contributed by atoms with Crippen LogP contribution in [0.5, 0.6) is 5.75 Å². The fourth-order valence-electron chi connectivity index (χ4n) is 3.10. The minimum absolute atomic E-state index is 0.0458. The maximum absolute atomic E-state index is 12.6. The van der Waals surface area contributed by atoms with Gasteiger partial charge < -0.3 is 9.84 Å². The highest BCUT2D eigenvalue weighted by molar-refractivity contribution is 6.25. The molecule has 24 heavy (non-hydrogen) atoms. The summed E-state index contributed by atoms with van der Waals surface area (Å²) in [5, 5.41) is 12.0. The van der Waals surface area contributed by atoms with E-state index in [1.54, 1.807) is 11.0 Å². The van der Waals surface area contributed by atoms with Gasteiger partial charge in [0.25, 0.3) is 0 Å². The number of anilines is 1. The van der Waals surface area contributed by atoms with E-state index in [1.165, 1.54) is 5.54 Å². The second-order valence-electron chi connectivity index (χ2n) is 6.89. The fourth-order valence-corrected chi connectivity index (χ4v) is 3.27. The van der Waals surface area contributed by atoms with E-state index in [0.717, 1.165) is 16.3 Å². The molecule has 1 aliphatic rings. The van der Waals surface area contributed by atoms with Crippen molar-refractivity contribution in [2.45, 2.75) is 32.3 Å². The number of halogens is 1. The average Bonchev–Trinajstić information content (AvgIpc) is 2.85. The van der Waals surface area contributed by atoms with Crippen molar-refractivity contribution in [1.82, 2.24) is 0 Å². The largest absolute Gasteiger partial charge is 0.507 e. The Morgan fingerprint density at radius 3 is 2.62 bits per heavy atom. The quantitative estimate of drug-likeness (QED) is 0.778. The van der Waals surface area contributed by atoms with Crippen LogP contribution in [-0.2, 0) is 4.74 Å². The van der Waals surface area contributed by atoms with E-state index in [1.807, 2.05) is 51.1 Å². The van der Waals surface area contributed by atoms with E-state index in [-0.39, 0.29) is 11.7 Å². The Labute approximate surface area is 146 Å². The topological polar surface area (TPSA) is 49.8 Å². The summed E-state index contributed by atoms with van der Waals surface area (Å²) in [6.45, 7) is 5.92. The Bertz CT molecular complexity index is 823. The van der Waals surface area contributed by atoms with Crippen LogP contribution < -0.4 is 4.90 Å². The zero-order valence-corrected chi connectivity index (χ0v) is 14.7. The zero-order valence-electron chi connectivity index (χ0n) is 13.9. The van der Waals surface area contributed by atoms with Crippen molar-refractivity contribution in [3.05, 3.63) is 47.5 Å². The van der Waals surface area contributed by atoms with E-state index >= 15 is 0 Å². The number of benzene rings is 2. The van der Waals surface area contributed by atoms with Gasteiger partial charge in [0.15, 0.2) is 0 Å². The Kier molecular flexibility index (Phi) is 4.18. The number of phenols is 1. The molecule has 0 aliphatic carbocycles. The van der Waals surface area contributed by atoms with Crippen LogP contribution in [0.1, 0.15) is 32.3 Å². The summed E-state index contributed by atoms with van der Waals surface area (Å²) in [5.41, 5.74) is 2.52. The van der Waals surface area contributed by atoms with Gasteiger partial charge in [0.1, 0.15) is 11.4 Å². The molecule has 3 rings (SSSR count). The molecule has 0 radical (unpaired) electrons. The van der Waals surface area contributed by atoms with Gasteiger partial charge in [0, 0.05) is 29.5 Å². The van der Waals surface area contributed by atoms with Gasteiger partial charge in [-0.1, -0.05) is 41.9 Å². The summed E-state index contributed by atoms with van der Waals surface area (Å²) in [5.74, 6) is 0.101. The number of ether oxygens (including phenoxy) is 1. The van der Waals surface area contributed by atoms with E-state index in [9.17, 15) is 9.90 Å². The third kappa shape index (κ3) is 2.94. The molecule has 126 valence electrons. The average molecular weight is 346 g/mol. The van der Waals surface area contributed by atoms with Crippen molar-refractivity contribution < 1.29 is 14.6 Å². The summed E-state index contributed by atoms with van der Waals surface area (Å²) < 4.78 is 5.51. The van der Waals surface area contributed by atoms with Gasteiger partial charge in [0.05, 0.1) is 5.69 Å². The molecule has 2 aromatic carbocycles. The Morgan fingerprint density at radius 2 is 2.00 bits per heavy atom. The second-order valence-corrected chi connectivity index (χ2v) is 7.14. The van der Waals surface area contributed by atoms with E-state index < -0.39 is 11.7 Å². The van der Waals surface area contributed by atoms with Gasteiger partial charge in [-0.25, -0.2) is 4.79 Å². The van der Waals surface area contributed by atoms with E-state index in [0.29, 0.717) is 12.2 Å². The molecular formula is C19H20ClNO3. The lowest BCUT2D eigenvalue weighted by Crippen LogP contribution is -2.36. The van der Waals surface area contributed by atoms with Crippen molar-refractivity contribution >= 4 is 34.2 Å². The molecule has 0 spiro atoms. The molecule has 4 nitrogen and oxygen atoms in total. The summed E-state index contributed by atoms with van der Waals surface area (Å²) in [7, 11) is 0. The van der Waals surface area contributed by atoms with Gasteiger partial charge in [-0.15, -0.1) is 0 Å². The number of rotatable bonds is 1. The van der Waals surface area contributed by atoms with Gasteiger partial charge in [0.2, 0.25) is 0 Å². The van der Waals surface area contributed by atoms with Crippen LogP contribution in [-0.4, -0.2) is 23.3 Å². The molecule has 0 aromatic heterocycles. The van der Waals surface area contributed by atoms with Crippen molar-refractivity contribution in [1.29, 1.82) is 0 Å². The molecule has 5 heteroatoms. The number of fused-ring (bicyclic) bond motifs is 3. The molecule has 1 aliphatic heterocycles. The normalized spacial score (nSPS) is 17.5. The van der Waals surface area contributed by atoms with Crippen LogP contribution in [0.25, 0.3) is 10.8 Å². The highest BCUT2D eigenvalue weighted by Crippen LogP contribution is 2.45. The first-order valence-corrected chi connectivity index (χ1v) is 8.27. The van der Waals surface area contributed by atoms with Crippen molar-refractivity contribution in [2.24, 2.45) is 0 Å². The van der Waals surface area contributed by atoms with Crippen LogP contribution in [0.2, 0.25) is 0 Å². The summed E-state index contributed by atoms with van der Waals surface area (Å²) in [6, 6.07) is 9.23. The second kappa shape index (κ2) is 6.02. The number of amides is 1. The Balaban J connectivity index is 2.15. The molecule has 0 saturated carbocycles. The van der Waals surface area contributed by atoms with Crippen LogP contribution in [0.3, 0.4) is 0 Å². The molecule has 1 heterocycles. The predicted octanol–water partition coefficient (Wildman–Crippen LogP) is 5.14. The lowest BCUT2D eigenvalue weighted by atomic mass is 9.94. The molecule has 0 fully saturated rings. The summed E-state index contributed by atoms with van der Waals surface area (Å²) >= 11 is 5.80. The number of carbonyl (C=O) groups excluding carboxylic acids is 1. The zero-order chi connectivity index (χ0) is 17.5. The molecule has 1 amide bonds. The molecule has 0 saturated heterocycles. The van der Waals surface area contributed by atoms with Gasteiger partial charge in [-0.3, -0.25) is 4.90 Å². The first kappa shape index (κ1) is 16.7. The predicted molar refractivity (Wildman–Crippen MR) is 96.9 cm³/mol.